The third-order valence-electron chi connectivity index (χ3n) is 1.42. The van der Waals surface area contributed by atoms with Crippen molar-refractivity contribution in [1.29, 1.82) is 0 Å². The second-order valence-electron chi connectivity index (χ2n) is 2.67. The first-order valence-corrected chi connectivity index (χ1v) is 3.71. The van der Waals surface area contributed by atoms with Crippen molar-refractivity contribution < 1.29 is 19.4 Å². The van der Waals surface area contributed by atoms with Crippen molar-refractivity contribution in [2.45, 2.75) is 19.9 Å². The molecule has 0 saturated carbocycles. The van der Waals surface area contributed by atoms with Crippen LogP contribution < -0.4 is 0 Å². The molecule has 74 valence electrons. The Bertz CT molecular complexity index is 234. The van der Waals surface area contributed by atoms with Crippen LogP contribution in [0.2, 0.25) is 0 Å². The van der Waals surface area contributed by atoms with E-state index in [0.29, 0.717) is 0 Å². The number of aliphatic carboxylic acids is 1. The minimum atomic E-state index is -1.52. The molecule has 5 heteroatoms. The Kier molecular flexibility index (Phi) is 3.97. The topological polar surface area (TPSA) is 66.8 Å². The van der Waals surface area contributed by atoms with Gasteiger partial charge in [0, 0.05) is 6.04 Å². The van der Waals surface area contributed by atoms with Gasteiger partial charge >= 0.3 is 11.9 Å². The second-order valence-corrected chi connectivity index (χ2v) is 2.67. The van der Waals surface area contributed by atoms with E-state index >= 15 is 0 Å². The highest BCUT2D eigenvalue weighted by Gasteiger charge is 2.26. The van der Waals surface area contributed by atoms with Gasteiger partial charge < -0.3 is 9.84 Å². The summed E-state index contributed by atoms with van der Waals surface area (Å²) in [7, 11) is 1.33. The second kappa shape index (κ2) is 4.49. The normalized spacial score (nSPS) is 9.54. The highest BCUT2D eigenvalue weighted by Crippen LogP contribution is 2.08. The molecule has 0 aromatic carbocycles. The van der Waals surface area contributed by atoms with Gasteiger partial charge in [0.15, 0.2) is 5.88 Å². The van der Waals surface area contributed by atoms with Crippen LogP contribution in [0.1, 0.15) is 13.8 Å². The van der Waals surface area contributed by atoms with E-state index in [1.807, 2.05) is 0 Å². The molecule has 0 fully saturated rings. The Hall–Kier alpha value is -1.52. The van der Waals surface area contributed by atoms with Gasteiger partial charge in [-0.25, -0.2) is 4.79 Å². The van der Waals surface area contributed by atoms with Crippen molar-refractivity contribution in [1.82, 2.24) is 4.90 Å². The van der Waals surface area contributed by atoms with Crippen LogP contribution in [0.4, 0.5) is 0 Å². The molecule has 0 bridgehead atoms. The molecule has 0 unspecified atom stereocenters. The van der Waals surface area contributed by atoms with E-state index in [1.165, 1.54) is 7.11 Å². The van der Waals surface area contributed by atoms with Gasteiger partial charge in [-0.1, -0.05) is 0 Å². The van der Waals surface area contributed by atoms with E-state index in [1.54, 1.807) is 13.8 Å². The fourth-order valence-corrected chi connectivity index (χ4v) is 0.837. The van der Waals surface area contributed by atoms with Crippen LogP contribution in [0.15, 0.2) is 12.5 Å². The molecule has 0 aliphatic carbocycles. The number of amides is 1. The van der Waals surface area contributed by atoms with Crippen LogP contribution in [0.5, 0.6) is 0 Å². The van der Waals surface area contributed by atoms with Crippen LogP contribution in [0.25, 0.3) is 0 Å². The molecule has 0 aliphatic heterocycles. The van der Waals surface area contributed by atoms with Crippen LogP contribution in [-0.2, 0) is 14.3 Å². The van der Waals surface area contributed by atoms with Gasteiger partial charge in [0.05, 0.1) is 7.11 Å². The molecule has 0 aromatic heterocycles. The number of carboxylic acids is 1. The summed E-state index contributed by atoms with van der Waals surface area (Å²) >= 11 is 0. The number of carboxylic acid groups (broad SMARTS) is 1. The zero-order valence-corrected chi connectivity index (χ0v) is 7.90. The largest absolute Gasteiger partial charge is 0.482 e. The first-order chi connectivity index (χ1) is 5.91. The van der Waals surface area contributed by atoms with E-state index in [2.05, 4.69) is 6.58 Å². The summed E-state index contributed by atoms with van der Waals surface area (Å²) in [4.78, 5) is 22.4. The van der Waals surface area contributed by atoms with Gasteiger partial charge in [-0.05, 0) is 20.4 Å². The minimum absolute atomic E-state index is 0.0300. The number of rotatable bonds is 3. The van der Waals surface area contributed by atoms with Gasteiger partial charge in [-0.15, -0.1) is 0 Å². The highest BCUT2D eigenvalue weighted by molar-refractivity contribution is 6.31. The van der Waals surface area contributed by atoms with Gasteiger partial charge in [0.25, 0.3) is 0 Å². The Morgan fingerprint density at radius 3 is 2.15 bits per heavy atom. The smallest absolute Gasteiger partial charge is 0.395 e. The highest BCUT2D eigenvalue weighted by atomic mass is 16.5. The molecule has 0 rings (SSSR count). The van der Waals surface area contributed by atoms with Crippen LogP contribution in [-0.4, -0.2) is 35.0 Å². The molecule has 0 aromatic rings. The fourth-order valence-electron chi connectivity index (χ4n) is 0.837. The van der Waals surface area contributed by atoms with Crippen molar-refractivity contribution >= 4 is 11.9 Å². The van der Waals surface area contributed by atoms with E-state index in [9.17, 15) is 9.59 Å². The lowest BCUT2D eigenvalue weighted by Crippen LogP contribution is -2.40. The maximum atomic E-state index is 11.1. The van der Waals surface area contributed by atoms with Crippen molar-refractivity contribution in [3.05, 3.63) is 12.5 Å². The van der Waals surface area contributed by atoms with Gasteiger partial charge in [-0.3, -0.25) is 9.69 Å². The Balaban J connectivity index is 4.71. The lowest BCUT2D eigenvalue weighted by atomic mass is 10.3. The summed E-state index contributed by atoms with van der Waals surface area (Å²) in [6.45, 7) is 6.76. The summed E-state index contributed by atoms with van der Waals surface area (Å²) in [5, 5.41) is 8.46. The van der Waals surface area contributed by atoms with E-state index in [-0.39, 0.29) is 11.9 Å². The predicted octanol–water partition coefficient (Wildman–Crippen LogP) is 0.426. The Morgan fingerprint density at radius 2 is 1.92 bits per heavy atom. The van der Waals surface area contributed by atoms with Crippen molar-refractivity contribution in [2.24, 2.45) is 0 Å². The first kappa shape index (κ1) is 11.5. The summed E-state index contributed by atoms with van der Waals surface area (Å²) in [6, 6.07) is -0.295. The lowest BCUT2D eigenvalue weighted by Gasteiger charge is -2.24. The molecular weight excluding hydrogens is 174 g/mol. The fraction of sp³-hybridized carbons (Fsp3) is 0.500. The molecule has 13 heavy (non-hydrogen) atoms. The molecule has 5 nitrogen and oxygen atoms in total. The van der Waals surface area contributed by atoms with Gasteiger partial charge in [0.2, 0.25) is 0 Å². The van der Waals surface area contributed by atoms with E-state index < -0.39 is 11.9 Å². The average Bonchev–Trinajstić information content (AvgIpc) is 2.03. The maximum Gasteiger partial charge on any atom is 0.395 e. The number of carbonyl (C=O) groups excluding carboxylic acids is 1. The summed E-state index contributed by atoms with van der Waals surface area (Å²) in [5.41, 5.74) is 0. The summed E-state index contributed by atoms with van der Waals surface area (Å²) < 4.78 is 4.69. The molecule has 0 atom stereocenters. The lowest BCUT2D eigenvalue weighted by molar-refractivity contribution is -0.157. The quantitative estimate of drug-likeness (QED) is 0.513. The SMILES string of the molecule is C=C(OC)N(C(=O)C(=O)O)C(C)C. The number of ether oxygens (including phenoxy) is 1. The number of hydrogen-bond donors (Lipinski definition) is 1. The zero-order valence-electron chi connectivity index (χ0n) is 7.90. The summed E-state index contributed by atoms with van der Waals surface area (Å²) in [6.07, 6.45) is 0. The van der Waals surface area contributed by atoms with Crippen LogP contribution >= 0.6 is 0 Å². The van der Waals surface area contributed by atoms with Crippen molar-refractivity contribution in [2.75, 3.05) is 7.11 Å². The molecule has 0 radical (unpaired) electrons. The van der Waals surface area contributed by atoms with Crippen LogP contribution in [0.3, 0.4) is 0 Å². The van der Waals surface area contributed by atoms with Gasteiger partial charge in [0.1, 0.15) is 0 Å². The number of methoxy groups -OCH3 is 1. The van der Waals surface area contributed by atoms with Crippen LogP contribution in [0, 0.1) is 0 Å². The third-order valence-corrected chi connectivity index (χ3v) is 1.42. The van der Waals surface area contributed by atoms with Crippen molar-refractivity contribution in [3.63, 3.8) is 0 Å². The average molecular weight is 187 g/mol. The first-order valence-electron chi connectivity index (χ1n) is 3.71. The molecule has 1 amide bonds. The monoisotopic (exact) mass is 187 g/mol. The molecule has 0 spiro atoms. The standard InChI is InChI=1S/C8H13NO4/c1-5(2)9(6(3)13-4)7(10)8(11)12/h5H,3H2,1-2,4H3,(H,11,12). The van der Waals surface area contributed by atoms with E-state index in [0.717, 1.165) is 4.90 Å². The predicted molar refractivity (Wildman–Crippen MR) is 45.8 cm³/mol. The van der Waals surface area contributed by atoms with Crippen molar-refractivity contribution in [3.8, 4) is 0 Å². The molecule has 1 N–H and O–H groups in total. The third kappa shape index (κ3) is 2.77. The molecule has 0 heterocycles. The maximum absolute atomic E-state index is 11.1. The number of nitrogens with zero attached hydrogens (tertiary/aromatic N) is 1. The number of hydrogen-bond acceptors (Lipinski definition) is 3. The Morgan fingerprint density at radius 1 is 1.46 bits per heavy atom. The Labute approximate surface area is 76.6 Å². The van der Waals surface area contributed by atoms with Gasteiger partial charge in [-0.2, -0.15) is 0 Å². The minimum Gasteiger partial charge on any atom is -0.482 e. The summed E-state index contributed by atoms with van der Waals surface area (Å²) in [5.74, 6) is -2.53. The molecular formula is C8H13NO4. The number of carbonyl (C=O) groups is 2. The molecule has 0 aliphatic rings. The molecule has 0 saturated heterocycles. The zero-order chi connectivity index (χ0) is 10.6. The van der Waals surface area contributed by atoms with E-state index in [4.69, 9.17) is 9.84 Å².